The van der Waals surface area contributed by atoms with Crippen molar-refractivity contribution in [1.82, 2.24) is 9.55 Å². The molecule has 0 amide bonds. The van der Waals surface area contributed by atoms with E-state index in [1.807, 2.05) is 6.07 Å². The van der Waals surface area contributed by atoms with Gasteiger partial charge in [0, 0.05) is 28.1 Å². The zero-order chi connectivity index (χ0) is 27.3. The van der Waals surface area contributed by atoms with Crippen molar-refractivity contribution in [2.45, 2.75) is 51.7 Å². The molecule has 0 saturated heterocycles. The maximum atomic E-state index is 13.5. The van der Waals surface area contributed by atoms with Gasteiger partial charge in [-0.1, -0.05) is 56.0 Å². The predicted octanol–water partition coefficient (Wildman–Crippen LogP) is 4.02. The molecular weight excluding hydrogens is 512 g/mol. The number of fused-ring (bicyclic) bond motifs is 6. The molecule has 0 bridgehead atoms. The van der Waals surface area contributed by atoms with Crippen LogP contribution in [-0.2, 0) is 28.3 Å². The van der Waals surface area contributed by atoms with Crippen LogP contribution >= 0.6 is 0 Å². The van der Waals surface area contributed by atoms with Crippen molar-refractivity contribution in [1.29, 1.82) is 0 Å². The van der Waals surface area contributed by atoms with E-state index in [1.165, 1.54) is 5.19 Å². The number of nitrogens with zero attached hydrogens (tertiary/aromatic N) is 2. The lowest BCUT2D eigenvalue weighted by Crippen LogP contribution is -2.44. The molecule has 0 aliphatic carbocycles. The predicted molar refractivity (Wildman–Crippen MR) is 149 cm³/mol. The van der Waals surface area contributed by atoms with E-state index in [4.69, 9.17) is 19.2 Å². The molecule has 0 unspecified atom stereocenters. The Morgan fingerprint density at radius 2 is 1.82 bits per heavy atom. The highest BCUT2D eigenvalue weighted by Crippen LogP contribution is 2.47. The first-order valence-corrected chi connectivity index (χ1v) is 16.6. The lowest BCUT2D eigenvalue weighted by atomic mass is 9.86. The van der Waals surface area contributed by atoms with Crippen LogP contribution in [0.15, 0.2) is 47.3 Å². The van der Waals surface area contributed by atoms with Gasteiger partial charge in [-0.2, -0.15) is 0 Å². The highest BCUT2D eigenvalue weighted by atomic mass is 28.3. The standard InChI is InChI=1S/C30H28N2O6Si/c1-5-30(35)21-11-23-26-17(13-32(23)28(33)20(21)14-36-29(30)34)10-19-22(31-26)12-24-27(38-15-37-24)25(19)16-6-8-18(9-7-16)39(2,3)4/h6-12,35H,5,13-15H2,1-4H3/t30-/m0/s1. The van der Waals surface area contributed by atoms with Gasteiger partial charge in [0.1, 0.15) is 6.61 Å². The van der Waals surface area contributed by atoms with E-state index in [0.717, 1.165) is 22.1 Å². The number of hydrogen-bond donors (Lipinski definition) is 1. The molecule has 3 aliphatic rings. The lowest BCUT2D eigenvalue weighted by molar-refractivity contribution is -0.172. The minimum absolute atomic E-state index is 0.100. The summed E-state index contributed by atoms with van der Waals surface area (Å²) in [5, 5.41) is 13.4. The Balaban J connectivity index is 1.44. The summed E-state index contributed by atoms with van der Waals surface area (Å²) in [5.74, 6) is 0.587. The van der Waals surface area contributed by atoms with Crippen molar-refractivity contribution < 1.29 is 24.1 Å². The summed E-state index contributed by atoms with van der Waals surface area (Å²) >= 11 is 0. The van der Waals surface area contributed by atoms with E-state index in [0.29, 0.717) is 46.1 Å². The molecule has 1 atom stereocenters. The number of rotatable bonds is 3. The van der Waals surface area contributed by atoms with Crippen LogP contribution in [0.3, 0.4) is 0 Å². The Morgan fingerprint density at radius 1 is 1.05 bits per heavy atom. The molecule has 2 aromatic carbocycles. The fraction of sp³-hybridized carbons (Fsp3) is 0.300. The summed E-state index contributed by atoms with van der Waals surface area (Å²) in [5.41, 5.74) is 3.24. The third-order valence-corrected chi connectivity index (χ3v) is 10.3. The van der Waals surface area contributed by atoms with Crippen LogP contribution in [0.4, 0.5) is 0 Å². The monoisotopic (exact) mass is 540 g/mol. The van der Waals surface area contributed by atoms with Crippen LogP contribution in [0.5, 0.6) is 11.5 Å². The minimum Gasteiger partial charge on any atom is -0.458 e. The summed E-state index contributed by atoms with van der Waals surface area (Å²) in [6, 6.07) is 14.3. The van der Waals surface area contributed by atoms with Gasteiger partial charge in [0.05, 0.1) is 37.1 Å². The Kier molecular flexibility index (Phi) is 4.96. The highest BCUT2D eigenvalue weighted by Gasteiger charge is 2.45. The number of cyclic esters (lactones) is 1. The van der Waals surface area contributed by atoms with Gasteiger partial charge in [0.15, 0.2) is 17.1 Å². The third-order valence-electron chi connectivity index (χ3n) is 8.19. The Bertz CT molecular complexity index is 1790. The quantitative estimate of drug-likeness (QED) is 0.273. The first-order chi connectivity index (χ1) is 18.6. The second-order valence-electron chi connectivity index (χ2n) is 11.5. The number of aromatic nitrogens is 2. The average Bonchev–Trinajstić information content (AvgIpc) is 3.52. The summed E-state index contributed by atoms with van der Waals surface area (Å²) < 4.78 is 18.6. The van der Waals surface area contributed by atoms with Crippen LogP contribution in [0.2, 0.25) is 19.6 Å². The van der Waals surface area contributed by atoms with E-state index >= 15 is 0 Å². The van der Waals surface area contributed by atoms with Gasteiger partial charge in [-0.05, 0) is 24.1 Å². The normalized spacial score (nSPS) is 19.1. The number of aliphatic hydroxyl groups is 1. The van der Waals surface area contributed by atoms with E-state index in [9.17, 15) is 14.7 Å². The van der Waals surface area contributed by atoms with Gasteiger partial charge < -0.3 is 23.9 Å². The summed E-state index contributed by atoms with van der Waals surface area (Å²) in [6.45, 7) is 8.98. The molecule has 4 aromatic rings. The molecule has 5 heterocycles. The van der Waals surface area contributed by atoms with Crippen LogP contribution in [0.1, 0.15) is 30.0 Å². The Morgan fingerprint density at radius 3 is 2.54 bits per heavy atom. The molecule has 2 aromatic heterocycles. The molecule has 7 rings (SSSR count). The zero-order valence-electron chi connectivity index (χ0n) is 22.3. The molecule has 198 valence electrons. The number of ether oxygens (including phenoxy) is 3. The molecule has 0 radical (unpaired) electrons. The van der Waals surface area contributed by atoms with Crippen LogP contribution in [-0.4, -0.2) is 35.5 Å². The summed E-state index contributed by atoms with van der Waals surface area (Å²) in [4.78, 5) is 31.0. The van der Waals surface area contributed by atoms with Crippen LogP contribution in [0, 0.1) is 0 Å². The zero-order valence-corrected chi connectivity index (χ0v) is 23.3. The maximum absolute atomic E-state index is 13.5. The number of carbonyl (C=O) groups is 1. The molecule has 1 N–H and O–H groups in total. The molecule has 0 saturated carbocycles. The SMILES string of the molecule is CC[C@@]1(O)C(=O)OCc2c1cc1n(c2=O)Cc2cc3c(-c4ccc([Si](C)(C)C)cc4)c4c(cc3nc2-1)OCO4. The van der Waals surface area contributed by atoms with Gasteiger partial charge in [-0.25, -0.2) is 9.78 Å². The minimum atomic E-state index is -1.86. The molecule has 0 spiro atoms. The lowest BCUT2D eigenvalue weighted by Gasteiger charge is -2.31. The van der Waals surface area contributed by atoms with E-state index in [-0.39, 0.29) is 25.4 Å². The van der Waals surface area contributed by atoms with Crippen molar-refractivity contribution in [3.8, 4) is 34.0 Å². The van der Waals surface area contributed by atoms with Gasteiger partial charge in [0.25, 0.3) is 5.56 Å². The number of carbonyl (C=O) groups excluding carboxylic acids is 1. The van der Waals surface area contributed by atoms with Gasteiger partial charge in [-0.15, -0.1) is 0 Å². The average molecular weight is 541 g/mol. The Labute approximate surface area is 225 Å². The van der Waals surface area contributed by atoms with Gasteiger partial charge in [-0.3, -0.25) is 4.79 Å². The maximum Gasteiger partial charge on any atom is 0.343 e. The van der Waals surface area contributed by atoms with Crippen molar-refractivity contribution in [2.75, 3.05) is 6.79 Å². The molecule has 8 nitrogen and oxygen atoms in total. The number of benzene rings is 2. The number of esters is 1. The molecular formula is C30H28N2O6Si. The fourth-order valence-electron chi connectivity index (χ4n) is 5.91. The highest BCUT2D eigenvalue weighted by molar-refractivity contribution is 6.88. The van der Waals surface area contributed by atoms with Crippen LogP contribution < -0.4 is 20.2 Å². The number of hydrogen-bond acceptors (Lipinski definition) is 7. The van der Waals surface area contributed by atoms with Crippen molar-refractivity contribution in [2.24, 2.45) is 0 Å². The van der Waals surface area contributed by atoms with Crippen molar-refractivity contribution in [3.63, 3.8) is 0 Å². The fourth-order valence-corrected chi connectivity index (χ4v) is 7.07. The van der Waals surface area contributed by atoms with E-state index in [2.05, 4.69) is 50.0 Å². The molecule has 9 heteroatoms. The van der Waals surface area contributed by atoms with Gasteiger partial charge in [0.2, 0.25) is 6.79 Å². The first kappa shape index (κ1) is 24.1. The number of pyridine rings is 2. The summed E-state index contributed by atoms with van der Waals surface area (Å²) in [7, 11) is -1.46. The topological polar surface area (TPSA) is 99.9 Å². The largest absolute Gasteiger partial charge is 0.458 e. The second-order valence-corrected chi connectivity index (χ2v) is 16.6. The van der Waals surface area contributed by atoms with Gasteiger partial charge >= 0.3 is 5.97 Å². The first-order valence-electron chi connectivity index (χ1n) is 13.1. The molecule has 0 fully saturated rings. The molecule has 3 aliphatic heterocycles. The summed E-state index contributed by atoms with van der Waals surface area (Å²) in [6.07, 6.45) is 0.100. The Hall–Kier alpha value is -3.95. The van der Waals surface area contributed by atoms with E-state index < -0.39 is 19.6 Å². The smallest absolute Gasteiger partial charge is 0.343 e. The van der Waals surface area contributed by atoms with Crippen molar-refractivity contribution >= 4 is 30.1 Å². The van der Waals surface area contributed by atoms with Crippen LogP contribution in [0.25, 0.3) is 33.4 Å². The molecule has 39 heavy (non-hydrogen) atoms. The van der Waals surface area contributed by atoms with Crippen molar-refractivity contribution in [3.05, 3.63) is 69.5 Å². The van der Waals surface area contributed by atoms with E-state index in [1.54, 1.807) is 17.6 Å². The second kappa shape index (κ2) is 8.03. The third kappa shape index (κ3) is 3.36.